The molecule has 6 nitrogen and oxygen atoms in total. The van der Waals surface area contributed by atoms with Crippen molar-refractivity contribution in [3.05, 3.63) is 23.7 Å². The number of furan rings is 1. The molecule has 0 saturated carbocycles. The fourth-order valence-electron chi connectivity index (χ4n) is 1.49. The van der Waals surface area contributed by atoms with Gasteiger partial charge in [-0.05, 0) is 25.1 Å². The zero-order chi connectivity index (χ0) is 14.3. The molecule has 108 valence electrons. The number of rotatable bonds is 8. The molecule has 0 aliphatic heterocycles. The van der Waals surface area contributed by atoms with Crippen molar-refractivity contribution in [1.29, 1.82) is 0 Å². The lowest BCUT2D eigenvalue weighted by Gasteiger charge is -2.01. The van der Waals surface area contributed by atoms with Crippen LogP contribution in [0.4, 0.5) is 0 Å². The topological polar surface area (TPSA) is 85.6 Å². The SMILES string of the molecule is CCCNCc1ccc(CS(=O)(=O)CC(=O)OC)o1. The van der Waals surface area contributed by atoms with Crippen LogP contribution in [0.3, 0.4) is 0 Å². The third kappa shape index (κ3) is 5.89. The Morgan fingerprint density at radius 3 is 2.68 bits per heavy atom. The van der Waals surface area contributed by atoms with Crippen molar-refractivity contribution >= 4 is 15.8 Å². The molecule has 0 amide bonds. The first-order valence-corrected chi connectivity index (χ1v) is 7.84. The van der Waals surface area contributed by atoms with Crippen LogP contribution < -0.4 is 5.32 Å². The number of carbonyl (C=O) groups is 1. The molecule has 0 bridgehead atoms. The highest BCUT2D eigenvalue weighted by Gasteiger charge is 2.19. The first kappa shape index (κ1) is 15.7. The van der Waals surface area contributed by atoms with E-state index in [1.807, 2.05) is 0 Å². The molecule has 1 aromatic heterocycles. The predicted octanol–water partition coefficient (Wildman–Crippen LogP) is 0.867. The standard InChI is InChI=1S/C12H19NO5S/c1-3-6-13-7-10-4-5-11(18-10)8-19(15,16)9-12(14)17-2/h4-5,13H,3,6-9H2,1-2H3. The van der Waals surface area contributed by atoms with Crippen molar-refractivity contribution in [2.24, 2.45) is 0 Å². The van der Waals surface area contributed by atoms with E-state index >= 15 is 0 Å². The Balaban J connectivity index is 2.55. The van der Waals surface area contributed by atoms with Crippen molar-refractivity contribution in [1.82, 2.24) is 5.32 Å². The van der Waals surface area contributed by atoms with Crippen LogP contribution in [0.15, 0.2) is 16.5 Å². The quantitative estimate of drug-likeness (QED) is 0.564. The summed E-state index contributed by atoms with van der Waals surface area (Å²) >= 11 is 0. The molecule has 0 unspecified atom stereocenters. The minimum Gasteiger partial charge on any atom is -0.468 e. The maximum atomic E-state index is 11.7. The second kappa shape index (κ2) is 7.30. The lowest BCUT2D eigenvalue weighted by Crippen LogP contribution is -2.18. The van der Waals surface area contributed by atoms with E-state index in [4.69, 9.17) is 4.42 Å². The van der Waals surface area contributed by atoms with E-state index in [0.717, 1.165) is 20.1 Å². The summed E-state index contributed by atoms with van der Waals surface area (Å²) in [7, 11) is -2.39. The molecule has 7 heteroatoms. The molecule has 0 aliphatic rings. The predicted molar refractivity (Wildman–Crippen MR) is 70.2 cm³/mol. The summed E-state index contributed by atoms with van der Waals surface area (Å²) in [5, 5.41) is 3.15. The van der Waals surface area contributed by atoms with Crippen LogP contribution in [0.1, 0.15) is 24.9 Å². The first-order chi connectivity index (χ1) is 8.96. The molecule has 0 spiro atoms. The summed E-state index contributed by atoms with van der Waals surface area (Å²) in [4.78, 5) is 11.0. The van der Waals surface area contributed by atoms with Crippen LogP contribution in [0.2, 0.25) is 0 Å². The molecule has 0 radical (unpaired) electrons. The van der Waals surface area contributed by atoms with E-state index in [9.17, 15) is 13.2 Å². The second-order valence-corrected chi connectivity index (χ2v) is 6.22. The van der Waals surface area contributed by atoms with Gasteiger partial charge in [0, 0.05) is 0 Å². The molecule has 19 heavy (non-hydrogen) atoms. The average Bonchev–Trinajstić information content (AvgIpc) is 2.75. The Morgan fingerprint density at radius 2 is 2.05 bits per heavy atom. The Labute approximate surface area is 113 Å². The number of carbonyl (C=O) groups excluding carboxylic acids is 1. The molecule has 1 rings (SSSR count). The Hall–Kier alpha value is -1.34. The molecule has 0 fully saturated rings. The summed E-state index contributed by atoms with van der Waals surface area (Å²) in [6, 6.07) is 3.34. The summed E-state index contributed by atoms with van der Waals surface area (Å²) < 4.78 is 33.0. The number of methoxy groups -OCH3 is 1. The van der Waals surface area contributed by atoms with E-state index in [1.165, 1.54) is 0 Å². The van der Waals surface area contributed by atoms with E-state index in [1.54, 1.807) is 12.1 Å². The Bertz CT molecular complexity index is 506. The third-order valence-corrected chi connectivity index (χ3v) is 3.77. The number of ether oxygens (including phenoxy) is 1. The molecule has 1 aromatic rings. The van der Waals surface area contributed by atoms with Crippen LogP contribution in [0.25, 0.3) is 0 Å². The maximum absolute atomic E-state index is 11.7. The van der Waals surface area contributed by atoms with Gasteiger partial charge in [-0.1, -0.05) is 6.92 Å². The monoisotopic (exact) mass is 289 g/mol. The fourth-order valence-corrected chi connectivity index (χ4v) is 2.66. The van der Waals surface area contributed by atoms with Gasteiger partial charge in [0.15, 0.2) is 9.84 Å². The van der Waals surface area contributed by atoms with Gasteiger partial charge in [-0.15, -0.1) is 0 Å². The van der Waals surface area contributed by atoms with Crippen LogP contribution in [0, 0.1) is 0 Å². The highest BCUT2D eigenvalue weighted by atomic mass is 32.2. The zero-order valence-corrected chi connectivity index (χ0v) is 12.0. The molecule has 0 saturated heterocycles. The molecule has 1 heterocycles. The number of nitrogens with one attached hydrogen (secondary N) is 1. The van der Waals surface area contributed by atoms with Crippen LogP contribution in [-0.2, 0) is 31.7 Å². The van der Waals surface area contributed by atoms with E-state index in [-0.39, 0.29) is 5.75 Å². The molecule has 1 N–H and O–H groups in total. The van der Waals surface area contributed by atoms with Gasteiger partial charge < -0.3 is 14.5 Å². The maximum Gasteiger partial charge on any atom is 0.320 e. The Kier molecular flexibility index (Phi) is 6.04. The van der Waals surface area contributed by atoms with Gasteiger partial charge in [-0.25, -0.2) is 8.42 Å². The van der Waals surface area contributed by atoms with Gasteiger partial charge in [0.2, 0.25) is 0 Å². The Morgan fingerprint density at radius 1 is 1.37 bits per heavy atom. The lowest BCUT2D eigenvalue weighted by molar-refractivity contribution is -0.137. The van der Waals surface area contributed by atoms with Gasteiger partial charge in [0.05, 0.1) is 13.7 Å². The van der Waals surface area contributed by atoms with Crippen molar-refractivity contribution in [3.63, 3.8) is 0 Å². The molecule has 0 aliphatic carbocycles. The summed E-state index contributed by atoms with van der Waals surface area (Å²) in [5.74, 6) is -0.686. The van der Waals surface area contributed by atoms with Crippen molar-refractivity contribution < 1.29 is 22.4 Å². The van der Waals surface area contributed by atoms with E-state index in [0.29, 0.717) is 18.1 Å². The minimum atomic E-state index is -3.55. The summed E-state index contributed by atoms with van der Waals surface area (Å²) in [5.41, 5.74) is 0. The van der Waals surface area contributed by atoms with Gasteiger partial charge >= 0.3 is 5.97 Å². The van der Waals surface area contributed by atoms with Crippen molar-refractivity contribution in [2.45, 2.75) is 25.6 Å². The first-order valence-electron chi connectivity index (χ1n) is 6.02. The highest BCUT2D eigenvalue weighted by molar-refractivity contribution is 7.91. The van der Waals surface area contributed by atoms with Crippen LogP contribution >= 0.6 is 0 Å². The summed E-state index contributed by atoms with van der Waals surface area (Å²) in [6.45, 7) is 3.49. The third-order valence-electron chi connectivity index (χ3n) is 2.37. The van der Waals surface area contributed by atoms with Crippen molar-refractivity contribution in [2.75, 3.05) is 19.4 Å². The average molecular weight is 289 g/mol. The highest BCUT2D eigenvalue weighted by Crippen LogP contribution is 2.12. The normalized spacial score (nSPS) is 11.5. The van der Waals surface area contributed by atoms with Crippen LogP contribution in [-0.4, -0.2) is 33.8 Å². The van der Waals surface area contributed by atoms with Gasteiger partial charge in [0.1, 0.15) is 23.0 Å². The van der Waals surface area contributed by atoms with Gasteiger partial charge in [-0.2, -0.15) is 0 Å². The van der Waals surface area contributed by atoms with E-state index < -0.39 is 21.6 Å². The number of hydrogen-bond donors (Lipinski definition) is 1. The number of esters is 1. The number of sulfone groups is 1. The number of hydrogen-bond acceptors (Lipinski definition) is 6. The van der Waals surface area contributed by atoms with Crippen LogP contribution in [0.5, 0.6) is 0 Å². The smallest absolute Gasteiger partial charge is 0.320 e. The lowest BCUT2D eigenvalue weighted by atomic mass is 10.4. The zero-order valence-electron chi connectivity index (χ0n) is 11.1. The van der Waals surface area contributed by atoms with E-state index in [2.05, 4.69) is 17.0 Å². The fraction of sp³-hybridized carbons (Fsp3) is 0.583. The largest absolute Gasteiger partial charge is 0.468 e. The summed E-state index contributed by atoms with van der Waals surface area (Å²) in [6.07, 6.45) is 1.01. The van der Waals surface area contributed by atoms with Crippen molar-refractivity contribution in [3.8, 4) is 0 Å². The second-order valence-electron chi connectivity index (χ2n) is 4.15. The molecular weight excluding hydrogens is 270 g/mol. The molecule has 0 aromatic carbocycles. The molecular formula is C12H19NO5S. The van der Waals surface area contributed by atoms with Gasteiger partial charge in [-0.3, -0.25) is 4.79 Å². The van der Waals surface area contributed by atoms with Gasteiger partial charge in [0.25, 0.3) is 0 Å². The molecule has 0 atom stereocenters. The minimum absolute atomic E-state index is 0.296.